The zero-order chi connectivity index (χ0) is 13.8. The highest BCUT2D eigenvalue weighted by Gasteiger charge is 2.08. The van der Waals surface area contributed by atoms with E-state index in [-0.39, 0.29) is 5.56 Å². The van der Waals surface area contributed by atoms with Gasteiger partial charge in [-0.2, -0.15) is 5.26 Å². The molecule has 0 atom stereocenters. The smallest absolute Gasteiger partial charge is 0.143 e. The largest absolute Gasteiger partial charge is 0.496 e. The van der Waals surface area contributed by atoms with Crippen LogP contribution in [-0.4, -0.2) is 7.11 Å². The van der Waals surface area contributed by atoms with Gasteiger partial charge in [0.15, 0.2) is 0 Å². The van der Waals surface area contributed by atoms with Crippen molar-refractivity contribution in [2.45, 2.75) is 6.92 Å². The molecular formula is C15H13FN2O. The first-order valence-electron chi connectivity index (χ1n) is 5.76. The normalized spacial score (nSPS) is 9.79. The van der Waals surface area contributed by atoms with Gasteiger partial charge in [-0.25, -0.2) is 4.39 Å². The summed E-state index contributed by atoms with van der Waals surface area (Å²) in [5, 5.41) is 12.0. The Bertz CT molecular complexity index is 647. The van der Waals surface area contributed by atoms with Gasteiger partial charge in [0.05, 0.1) is 12.8 Å². The summed E-state index contributed by atoms with van der Waals surface area (Å²) in [6.45, 7) is 1.92. The van der Waals surface area contributed by atoms with Crippen molar-refractivity contribution in [3.8, 4) is 11.8 Å². The first-order chi connectivity index (χ1) is 9.15. The highest BCUT2D eigenvalue weighted by Crippen LogP contribution is 2.26. The fourth-order valence-corrected chi connectivity index (χ4v) is 1.85. The van der Waals surface area contributed by atoms with Crippen LogP contribution in [0.4, 0.5) is 15.8 Å². The van der Waals surface area contributed by atoms with Gasteiger partial charge in [0.25, 0.3) is 0 Å². The van der Waals surface area contributed by atoms with Gasteiger partial charge in [-0.05, 0) is 42.8 Å². The third-order valence-corrected chi connectivity index (χ3v) is 2.80. The van der Waals surface area contributed by atoms with E-state index in [0.717, 1.165) is 17.0 Å². The Balaban J connectivity index is 2.34. The first-order valence-corrected chi connectivity index (χ1v) is 5.76. The molecular weight excluding hydrogens is 243 g/mol. The van der Waals surface area contributed by atoms with Crippen LogP contribution >= 0.6 is 0 Å². The second kappa shape index (κ2) is 5.40. The number of benzene rings is 2. The summed E-state index contributed by atoms with van der Waals surface area (Å²) in [4.78, 5) is 0. The zero-order valence-electron chi connectivity index (χ0n) is 10.7. The van der Waals surface area contributed by atoms with E-state index in [1.54, 1.807) is 19.2 Å². The Morgan fingerprint density at radius 2 is 2.05 bits per heavy atom. The standard InChI is InChI=1S/C15H13FN2O/c1-10-8-11(6-7-15(10)19-2)18-14-5-3-4-13(16)12(14)9-17/h3-8,18H,1-2H3. The molecule has 0 amide bonds. The molecule has 0 unspecified atom stereocenters. The summed E-state index contributed by atoms with van der Waals surface area (Å²) in [5.41, 5.74) is 2.20. The lowest BCUT2D eigenvalue weighted by molar-refractivity contribution is 0.412. The quantitative estimate of drug-likeness (QED) is 0.909. The van der Waals surface area contributed by atoms with Gasteiger partial charge in [0.1, 0.15) is 23.2 Å². The second-order valence-corrected chi connectivity index (χ2v) is 4.08. The number of ether oxygens (including phenoxy) is 1. The number of nitriles is 1. The summed E-state index contributed by atoms with van der Waals surface area (Å²) in [7, 11) is 1.61. The number of methoxy groups -OCH3 is 1. The van der Waals surface area contributed by atoms with E-state index in [1.165, 1.54) is 6.07 Å². The zero-order valence-corrected chi connectivity index (χ0v) is 10.7. The molecule has 0 aliphatic rings. The summed E-state index contributed by atoms with van der Waals surface area (Å²) in [6.07, 6.45) is 0. The van der Waals surface area contributed by atoms with Crippen molar-refractivity contribution in [3.05, 3.63) is 53.3 Å². The van der Waals surface area contributed by atoms with Crippen molar-refractivity contribution >= 4 is 11.4 Å². The monoisotopic (exact) mass is 256 g/mol. The third-order valence-electron chi connectivity index (χ3n) is 2.80. The Morgan fingerprint density at radius 3 is 2.68 bits per heavy atom. The van der Waals surface area contributed by atoms with Crippen LogP contribution in [0.25, 0.3) is 0 Å². The SMILES string of the molecule is COc1ccc(Nc2cccc(F)c2C#N)cc1C. The second-order valence-electron chi connectivity index (χ2n) is 4.08. The minimum atomic E-state index is -0.530. The van der Waals surface area contributed by atoms with Crippen LogP contribution in [0.15, 0.2) is 36.4 Å². The van der Waals surface area contributed by atoms with Gasteiger partial charge in [0.2, 0.25) is 0 Å². The molecule has 0 bridgehead atoms. The van der Waals surface area contributed by atoms with Gasteiger partial charge in [-0.1, -0.05) is 6.07 Å². The van der Waals surface area contributed by atoms with Gasteiger partial charge >= 0.3 is 0 Å². The van der Waals surface area contributed by atoms with Crippen LogP contribution in [-0.2, 0) is 0 Å². The average Bonchev–Trinajstić information content (AvgIpc) is 2.39. The lowest BCUT2D eigenvalue weighted by Crippen LogP contribution is -1.97. The number of rotatable bonds is 3. The molecule has 0 heterocycles. The van der Waals surface area contributed by atoms with Gasteiger partial charge in [-0.15, -0.1) is 0 Å². The maximum absolute atomic E-state index is 13.5. The minimum Gasteiger partial charge on any atom is -0.496 e. The van der Waals surface area contributed by atoms with Crippen molar-refractivity contribution in [3.63, 3.8) is 0 Å². The topological polar surface area (TPSA) is 45.0 Å². The molecule has 0 fully saturated rings. The van der Waals surface area contributed by atoms with E-state index in [2.05, 4.69) is 5.32 Å². The lowest BCUT2D eigenvalue weighted by atomic mass is 10.1. The molecule has 3 nitrogen and oxygen atoms in total. The highest BCUT2D eigenvalue weighted by atomic mass is 19.1. The van der Waals surface area contributed by atoms with E-state index in [1.807, 2.05) is 31.2 Å². The molecule has 19 heavy (non-hydrogen) atoms. The Morgan fingerprint density at radius 1 is 1.26 bits per heavy atom. The van der Waals surface area contributed by atoms with Gasteiger partial charge < -0.3 is 10.1 Å². The van der Waals surface area contributed by atoms with Crippen LogP contribution < -0.4 is 10.1 Å². The third kappa shape index (κ3) is 2.66. The maximum atomic E-state index is 13.5. The van der Waals surface area contributed by atoms with Crippen molar-refractivity contribution in [1.82, 2.24) is 0 Å². The van der Waals surface area contributed by atoms with E-state index >= 15 is 0 Å². The minimum absolute atomic E-state index is 0.0102. The van der Waals surface area contributed by atoms with Crippen LogP contribution in [0.5, 0.6) is 5.75 Å². The molecule has 1 N–H and O–H groups in total. The fourth-order valence-electron chi connectivity index (χ4n) is 1.85. The number of nitrogens with zero attached hydrogens (tertiary/aromatic N) is 1. The Hall–Kier alpha value is -2.54. The van der Waals surface area contributed by atoms with E-state index in [9.17, 15) is 4.39 Å². The number of aryl methyl sites for hydroxylation is 1. The molecule has 0 saturated heterocycles. The molecule has 4 heteroatoms. The van der Waals surface area contributed by atoms with Gasteiger partial charge in [-0.3, -0.25) is 0 Å². The molecule has 96 valence electrons. The predicted octanol–water partition coefficient (Wildman–Crippen LogP) is 3.76. The molecule has 0 saturated carbocycles. The lowest BCUT2D eigenvalue weighted by Gasteiger charge is -2.11. The number of hydrogen-bond donors (Lipinski definition) is 1. The highest BCUT2D eigenvalue weighted by molar-refractivity contribution is 5.67. The number of nitrogens with one attached hydrogen (secondary N) is 1. The van der Waals surface area contributed by atoms with Crippen LogP contribution in [0, 0.1) is 24.1 Å². The number of halogens is 1. The molecule has 2 aromatic carbocycles. The molecule has 0 radical (unpaired) electrons. The average molecular weight is 256 g/mol. The number of anilines is 2. The molecule has 0 spiro atoms. The van der Waals surface area contributed by atoms with Crippen LogP contribution in [0.2, 0.25) is 0 Å². The molecule has 0 aliphatic carbocycles. The summed E-state index contributed by atoms with van der Waals surface area (Å²) in [6, 6.07) is 11.9. The van der Waals surface area contributed by atoms with Crippen LogP contribution in [0.3, 0.4) is 0 Å². The van der Waals surface area contributed by atoms with Crippen molar-refractivity contribution in [2.24, 2.45) is 0 Å². The van der Waals surface area contributed by atoms with Crippen molar-refractivity contribution < 1.29 is 9.13 Å². The summed E-state index contributed by atoms with van der Waals surface area (Å²) < 4.78 is 18.6. The Kier molecular flexibility index (Phi) is 3.67. The van der Waals surface area contributed by atoms with Crippen molar-refractivity contribution in [2.75, 3.05) is 12.4 Å². The number of hydrogen-bond acceptors (Lipinski definition) is 3. The fraction of sp³-hybridized carbons (Fsp3) is 0.133. The first kappa shape index (κ1) is 12.9. The maximum Gasteiger partial charge on any atom is 0.143 e. The van der Waals surface area contributed by atoms with E-state index in [0.29, 0.717) is 5.69 Å². The Labute approximate surface area is 111 Å². The van der Waals surface area contributed by atoms with E-state index in [4.69, 9.17) is 10.00 Å². The predicted molar refractivity (Wildman–Crippen MR) is 72.1 cm³/mol. The van der Waals surface area contributed by atoms with Crippen molar-refractivity contribution in [1.29, 1.82) is 5.26 Å². The van der Waals surface area contributed by atoms with Crippen LogP contribution in [0.1, 0.15) is 11.1 Å². The molecule has 0 aromatic heterocycles. The summed E-state index contributed by atoms with van der Waals surface area (Å²) in [5.74, 6) is 0.253. The summed E-state index contributed by atoms with van der Waals surface area (Å²) >= 11 is 0. The van der Waals surface area contributed by atoms with E-state index < -0.39 is 5.82 Å². The molecule has 2 aromatic rings. The molecule has 0 aliphatic heterocycles. The molecule has 2 rings (SSSR count). The van der Waals surface area contributed by atoms with Gasteiger partial charge in [0, 0.05) is 5.69 Å².